The lowest BCUT2D eigenvalue weighted by atomic mass is 10.2. The zero-order chi connectivity index (χ0) is 13.1. The minimum Gasteiger partial charge on any atom is -0.491 e. The molecule has 0 aliphatic heterocycles. The molecule has 4 heteroatoms. The largest absolute Gasteiger partial charge is 0.491 e. The predicted molar refractivity (Wildman–Crippen MR) is 74.2 cm³/mol. The number of aryl methyl sites for hydroxylation is 1. The Labute approximate surface area is 107 Å². The monoisotopic (exact) mass is 245 g/mol. The molecule has 0 atom stereocenters. The topological polar surface area (TPSA) is 64.0 Å². The van der Waals surface area contributed by atoms with Crippen LogP contribution in [0.25, 0.3) is 10.9 Å². The molecule has 0 bridgehead atoms. The highest BCUT2D eigenvalue weighted by Crippen LogP contribution is 2.23. The van der Waals surface area contributed by atoms with Crippen LogP contribution in [0.1, 0.15) is 20.3 Å². The summed E-state index contributed by atoms with van der Waals surface area (Å²) in [7, 11) is 0. The van der Waals surface area contributed by atoms with Crippen molar-refractivity contribution in [2.24, 2.45) is 5.73 Å². The molecule has 1 heterocycles. The van der Waals surface area contributed by atoms with E-state index in [1.807, 2.05) is 38.2 Å². The third kappa shape index (κ3) is 2.83. The molecule has 1 aromatic carbocycles. The Balaban J connectivity index is 2.23. The second kappa shape index (κ2) is 5.12. The van der Waals surface area contributed by atoms with E-state index in [0.717, 1.165) is 23.2 Å². The van der Waals surface area contributed by atoms with Crippen molar-refractivity contribution in [1.82, 2.24) is 4.57 Å². The molecular weight excluding hydrogens is 226 g/mol. The number of nitrogens with two attached hydrogens (primary N) is 1. The first kappa shape index (κ1) is 12.5. The van der Waals surface area contributed by atoms with E-state index in [1.165, 1.54) is 0 Å². The van der Waals surface area contributed by atoms with Gasteiger partial charge in [-0.25, -0.2) is 0 Å². The zero-order valence-electron chi connectivity index (χ0n) is 10.8. The van der Waals surface area contributed by atoms with Gasteiger partial charge in [-0.05, 0) is 38.1 Å². The fourth-order valence-electron chi connectivity index (χ4n) is 1.96. The lowest BCUT2D eigenvalue weighted by molar-refractivity contribution is 0.243. The summed E-state index contributed by atoms with van der Waals surface area (Å²) in [5.74, 6) is 1.11. The van der Waals surface area contributed by atoms with Crippen molar-refractivity contribution in [1.29, 1.82) is 5.41 Å². The van der Waals surface area contributed by atoms with Gasteiger partial charge in [0.1, 0.15) is 5.75 Å². The van der Waals surface area contributed by atoms with Crippen LogP contribution in [0, 0.1) is 5.41 Å². The number of nitrogens with zero attached hydrogens (tertiary/aromatic N) is 1. The lowest BCUT2D eigenvalue weighted by Gasteiger charge is -2.10. The number of rotatable bonds is 5. The molecule has 3 N–H and O–H groups in total. The summed E-state index contributed by atoms with van der Waals surface area (Å²) in [6, 6.07) is 8.13. The molecule has 0 saturated heterocycles. The van der Waals surface area contributed by atoms with Crippen LogP contribution in [0.15, 0.2) is 30.5 Å². The Morgan fingerprint density at radius 3 is 2.83 bits per heavy atom. The smallest absolute Gasteiger partial charge is 0.120 e. The van der Waals surface area contributed by atoms with Gasteiger partial charge in [0.25, 0.3) is 0 Å². The minimum atomic E-state index is 0.183. The molecule has 0 aliphatic carbocycles. The molecule has 0 amide bonds. The first-order valence-corrected chi connectivity index (χ1v) is 6.14. The first-order valence-electron chi connectivity index (χ1n) is 6.14. The number of benzene rings is 1. The fraction of sp³-hybridized carbons (Fsp3) is 0.357. The van der Waals surface area contributed by atoms with Gasteiger partial charge in [0.15, 0.2) is 0 Å². The number of fused-ring (bicyclic) bond motifs is 1. The molecule has 18 heavy (non-hydrogen) atoms. The molecule has 0 saturated carbocycles. The van der Waals surface area contributed by atoms with Crippen molar-refractivity contribution in [3.63, 3.8) is 0 Å². The highest BCUT2D eigenvalue weighted by molar-refractivity contribution is 5.82. The van der Waals surface area contributed by atoms with Gasteiger partial charge < -0.3 is 15.0 Å². The molecule has 0 spiro atoms. The summed E-state index contributed by atoms with van der Waals surface area (Å²) >= 11 is 0. The van der Waals surface area contributed by atoms with Crippen molar-refractivity contribution in [2.75, 3.05) is 0 Å². The van der Waals surface area contributed by atoms with E-state index in [9.17, 15) is 0 Å². The second-order valence-electron chi connectivity index (χ2n) is 4.67. The van der Waals surface area contributed by atoms with Crippen molar-refractivity contribution in [2.45, 2.75) is 32.9 Å². The number of hydrogen-bond acceptors (Lipinski definition) is 2. The van der Waals surface area contributed by atoms with E-state index in [0.29, 0.717) is 6.42 Å². The number of hydrogen-bond donors (Lipinski definition) is 2. The molecule has 0 fully saturated rings. The third-order valence-electron chi connectivity index (χ3n) is 2.74. The minimum absolute atomic E-state index is 0.183. The molecule has 2 aromatic rings. The standard InChI is InChI=1S/C14H19N3O/c1-10(2)18-12-3-4-13-11(9-12)5-7-17(13)8-6-14(15)16/h3-5,7,9-10H,6,8H2,1-2H3,(H3,15,16). The Morgan fingerprint density at radius 2 is 2.17 bits per heavy atom. The molecule has 4 nitrogen and oxygen atoms in total. The third-order valence-corrected chi connectivity index (χ3v) is 2.74. The lowest BCUT2D eigenvalue weighted by Crippen LogP contribution is -2.12. The van der Waals surface area contributed by atoms with Gasteiger partial charge in [-0.15, -0.1) is 0 Å². The van der Waals surface area contributed by atoms with Gasteiger partial charge in [0, 0.05) is 30.1 Å². The summed E-state index contributed by atoms with van der Waals surface area (Å²) in [5.41, 5.74) is 6.53. The summed E-state index contributed by atoms with van der Waals surface area (Å²) in [4.78, 5) is 0. The maximum Gasteiger partial charge on any atom is 0.120 e. The van der Waals surface area contributed by atoms with Crippen molar-refractivity contribution in [3.8, 4) is 5.75 Å². The highest BCUT2D eigenvalue weighted by atomic mass is 16.5. The first-order chi connectivity index (χ1) is 8.56. The molecule has 96 valence electrons. The average molecular weight is 245 g/mol. The number of aromatic nitrogens is 1. The van der Waals surface area contributed by atoms with E-state index in [1.54, 1.807) is 0 Å². The van der Waals surface area contributed by atoms with E-state index >= 15 is 0 Å². The van der Waals surface area contributed by atoms with Crippen molar-refractivity contribution < 1.29 is 4.74 Å². The summed E-state index contributed by atoms with van der Waals surface area (Å²) in [5, 5.41) is 8.41. The maximum absolute atomic E-state index is 7.26. The van der Waals surface area contributed by atoms with Crippen LogP contribution in [0.3, 0.4) is 0 Å². The summed E-state index contributed by atoms with van der Waals surface area (Å²) in [6.07, 6.45) is 2.78. The Hall–Kier alpha value is -1.97. The average Bonchev–Trinajstić information content (AvgIpc) is 2.68. The molecule has 1 aromatic heterocycles. The van der Waals surface area contributed by atoms with E-state index < -0.39 is 0 Å². The zero-order valence-corrected chi connectivity index (χ0v) is 10.8. The Morgan fingerprint density at radius 1 is 1.39 bits per heavy atom. The van der Waals surface area contributed by atoms with Crippen LogP contribution in [0.5, 0.6) is 5.75 Å². The Bertz CT molecular complexity index is 557. The summed E-state index contributed by atoms with van der Waals surface area (Å²) in [6.45, 7) is 4.77. The van der Waals surface area contributed by atoms with Gasteiger partial charge in [0.05, 0.1) is 11.9 Å². The van der Waals surface area contributed by atoms with Gasteiger partial charge >= 0.3 is 0 Å². The van der Waals surface area contributed by atoms with Crippen molar-refractivity contribution in [3.05, 3.63) is 30.5 Å². The van der Waals surface area contributed by atoms with Gasteiger partial charge in [-0.1, -0.05) is 0 Å². The van der Waals surface area contributed by atoms with E-state index in [2.05, 4.69) is 10.6 Å². The maximum atomic E-state index is 7.26. The predicted octanol–water partition coefficient (Wildman–Crippen LogP) is 2.75. The number of ether oxygens (including phenoxy) is 1. The van der Waals surface area contributed by atoms with Crippen LogP contribution in [0.4, 0.5) is 0 Å². The SMILES string of the molecule is CC(C)Oc1ccc2c(ccn2CCC(=N)N)c1. The van der Waals surface area contributed by atoms with Crippen LogP contribution >= 0.6 is 0 Å². The van der Waals surface area contributed by atoms with Crippen LogP contribution < -0.4 is 10.5 Å². The Kier molecular flexibility index (Phi) is 3.55. The quantitative estimate of drug-likeness (QED) is 0.628. The fourth-order valence-corrected chi connectivity index (χ4v) is 1.96. The summed E-state index contributed by atoms with van der Waals surface area (Å²) < 4.78 is 7.77. The molecule has 0 radical (unpaired) electrons. The van der Waals surface area contributed by atoms with E-state index in [-0.39, 0.29) is 11.9 Å². The molecular formula is C14H19N3O. The molecule has 2 rings (SSSR count). The van der Waals surface area contributed by atoms with Crippen LogP contribution in [-0.2, 0) is 6.54 Å². The number of nitrogens with one attached hydrogen (secondary N) is 1. The van der Waals surface area contributed by atoms with Gasteiger partial charge in [-0.3, -0.25) is 5.41 Å². The molecule has 0 aliphatic rings. The van der Waals surface area contributed by atoms with E-state index in [4.69, 9.17) is 15.9 Å². The van der Waals surface area contributed by atoms with Crippen molar-refractivity contribution >= 4 is 16.7 Å². The van der Waals surface area contributed by atoms with Crippen LogP contribution in [0.2, 0.25) is 0 Å². The van der Waals surface area contributed by atoms with Crippen LogP contribution in [-0.4, -0.2) is 16.5 Å². The normalized spacial score (nSPS) is 11.1. The van der Waals surface area contributed by atoms with Gasteiger partial charge in [-0.2, -0.15) is 0 Å². The second-order valence-corrected chi connectivity index (χ2v) is 4.67. The number of amidine groups is 1. The van der Waals surface area contributed by atoms with Gasteiger partial charge in [0.2, 0.25) is 0 Å². The molecule has 0 unspecified atom stereocenters. The highest BCUT2D eigenvalue weighted by Gasteiger charge is 2.04.